The number of hydrogen-bond acceptors (Lipinski definition) is 3. The molecule has 0 radical (unpaired) electrons. The van der Waals surface area contributed by atoms with Gasteiger partial charge in [-0.1, -0.05) is 0 Å². The molecule has 0 aromatic heterocycles. The molecular weight excluding hydrogens is 246 g/mol. The molecule has 0 bridgehead atoms. The van der Waals surface area contributed by atoms with Crippen molar-refractivity contribution in [2.45, 2.75) is 37.8 Å². The number of hydrogen-bond donors (Lipinski definition) is 2. The van der Waals surface area contributed by atoms with Gasteiger partial charge in [0.1, 0.15) is 0 Å². The second-order valence-electron chi connectivity index (χ2n) is 5.83. The number of urea groups is 1. The lowest BCUT2D eigenvalue weighted by Crippen LogP contribution is -2.50. The fraction of sp³-hybridized carbons (Fsp3) is 0.846. The zero-order chi connectivity index (χ0) is 13.4. The maximum Gasteiger partial charge on any atom is 0.320 e. The Bertz CT molecular complexity index is 379. The highest BCUT2D eigenvalue weighted by Gasteiger charge is 2.42. The zero-order valence-corrected chi connectivity index (χ0v) is 11.0. The second kappa shape index (κ2) is 5.00. The fourth-order valence-corrected chi connectivity index (χ4v) is 3.59. The van der Waals surface area contributed by atoms with E-state index in [1.54, 1.807) is 0 Å². The molecule has 2 heterocycles. The number of fused-ring (bicyclic) bond motifs is 1. The topological polar surface area (TPSA) is 72.9 Å². The summed E-state index contributed by atoms with van der Waals surface area (Å²) in [5, 5.41) is 12.3. The van der Waals surface area contributed by atoms with Crippen molar-refractivity contribution in [1.29, 1.82) is 0 Å². The lowest BCUT2D eigenvalue weighted by molar-refractivity contribution is -0.143. The molecule has 0 aromatic carbocycles. The monoisotopic (exact) mass is 267 g/mol. The van der Waals surface area contributed by atoms with Gasteiger partial charge in [-0.25, -0.2) is 4.79 Å². The maximum absolute atomic E-state index is 12.4. The number of carbonyl (C=O) groups excluding carboxylic acids is 1. The van der Waals surface area contributed by atoms with E-state index in [9.17, 15) is 9.59 Å². The molecule has 1 aliphatic carbocycles. The smallest absolute Gasteiger partial charge is 0.320 e. The molecule has 6 nitrogen and oxygen atoms in total. The molecule has 19 heavy (non-hydrogen) atoms. The van der Waals surface area contributed by atoms with Gasteiger partial charge in [-0.05, 0) is 25.7 Å². The Morgan fingerprint density at radius 1 is 1.16 bits per heavy atom. The van der Waals surface area contributed by atoms with Gasteiger partial charge in [0, 0.05) is 32.2 Å². The van der Waals surface area contributed by atoms with Gasteiger partial charge in [0.2, 0.25) is 0 Å². The minimum Gasteiger partial charge on any atom is -0.481 e. The third-order valence-corrected chi connectivity index (χ3v) is 4.74. The summed E-state index contributed by atoms with van der Waals surface area (Å²) in [6.45, 7) is 3.35. The summed E-state index contributed by atoms with van der Waals surface area (Å²) in [6, 6.07) is 0.706. The number of rotatable bonds is 2. The quantitative estimate of drug-likeness (QED) is 0.756. The van der Waals surface area contributed by atoms with Gasteiger partial charge in [0.15, 0.2) is 0 Å². The second-order valence-corrected chi connectivity index (χ2v) is 5.83. The number of carbonyl (C=O) groups is 2. The summed E-state index contributed by atoms with van der Waals surface area (Å²) >= 11 is 0. The Hall–Kier alpha value is -1.30. The van der Waals surface area contributed by atoms with Crippen molar-refractivity contribution in [3.63, 3.8) is 0 Å². The van der Waals surface area contributed by atoms with Gasteiger partial charge in [-0.2, -0.15) is 0 Å². The summed E-state index contributed by atoms with van der Waals surface area (Å²) in [6.07, 6.45) is 3.06. The molecule has 0 spiro atoms. The molecule has 1 saturated carbocycles. The zero-order valence-electron chi connectivity index (χ0n) is 11.0. The van der Waals surface area contributed by atoms with E-state index in [2.05, 4.69) is 5.32 Å². The average Bonchev–Trinajstić information content (AvgIpc) is 2.77. The van der Waals surface area contributed by atoms with Crippen LogP contribution in [0.1, 0.15) is 25.7 Å². The third kappa shape index (κ3) is 2.29. The van der Waals surface area contributed by atoms with E-state index in [1.165, 1.54) is 0 Å². The molecular formula is C13H21N3O3. The fourth-order valence-electron chi connectivity index (χ4n) is 3.59. The van der Waals surface area contributed by atoms with E-state index >= 15 is 0 Å². The maximum atomic E-state index is 12.4. The van der Waals surface area contributed by atoms with Gasteiger partial charge in [0.05, 0.1) is 12.0 Å². The van der Waals surface area contributed by atoms with Crippen LogP contribution in [0, 0.1) is 5.92 Å². The van der Waals surface area contributed by atoms with E-state index in [1.807, 2.05) is 9.80 Å². The van der Waals surface area contributed by atoms with Crippen molar-refractivity contribution >= 4 is 12.0 Å². The molecule has 2 N–H and O–H groups in total. The molecule has 2 aliphatic heterocycles. The summed E-state index contributed by atoms with van der Waals surface area (Å²) < 4.78 is 0. The number of carboxylic acids is 1. The van der Waals surface area contributed by atoms with Gasteiger partial charge < -0.3 is 20.2 Å². The molecule has 1 unspecified atom stereocenters. The van der Waals surface area contributed by atoms with E-state index in [0.717, 1.165) is 39.0 Å². The summed E-state index contributed by atoms with van der Waals surface area (Å²) in [7, 11) is 0. The summed E-state index contributed by atoms with van der Waals surface area (Å²) in [5.74, 6) is -0.897. The molecule has 2 saturated heterocycles. The van der Waals surface area contributed by atoms with Crippen LogP contribution in [0.15, 0.2) is 0 Å². The van der Waals surface area contributed by atoms with E-state index < -0.39 is 5.97 Å². The first kappa shape index (κ1) is 12.7. The van der Waals surface area contributed by atoms with Gasteiger partial charge in [-0.3, -0.25) is 4.79 Å². The van der Waals surface area contributed by atoms with E-state index in [4.69, 9.17) is 5.11 Å². The molecule has 0 aromatic rings. The van der Waals surface area contributed by atoms with E-state index in [0.29, 0.717) is 18.9 Å². The predicted molar refractivity (Wildman–Crippen MR) is 68.8 cm³/mol. The van der Waals surface area contributed by atoms with Gasteiger partial charge >= 0.3 is 12.0 Å². The molecule has 3 aliphatic rings. The van der Waals surface area contributed by atoms with Crippen LogP contribution in [0.3, 0.4) is 0 Å². The van der Waals surface area contributed by atoms with Gasteiger partial charge in [0.25, 0.3) is 0 Å². The summed E-state index contributed by atoms with van der Waals surface area (Å²) in [5.41, 5.74) is 0. The van der Waals surface area contributed by atoms with Crippen molar-refractivity contribution in [1.82, 2.24) is 15.1 Å². The molecule has 106 valence electrons. The molecule has 3 rings (SSSR count). The Kier molecular flexibility index (Phi) is 3.35. The molecule has 3 fully saturated rings. The molecule has 1 atom stereocenters. The Morgan fingerprint density at radius 2 is 1.89 bits per heavy atom. The number of nitrogens with one attached hydrogen (secondary N) is 1. The standard InChI is InChI=1S/C13H21N3O3/c17-12(18)9-1-3-10(4-2-9)16-8-11-7-14-5-6-15(11)13(16)19/h9-11,14H,1-8H2,(H,17,18). The Morgan fingerprint density at radius 3 is 2.53 bits per heavy atom. The van der Waals surface area contributed by atoms with Gasteiger partial charge in [-0.15, -0.1) is 0 Å². The van der Waals surface area contributed by atoms with Crippen LogP contribution in [0.2, 0.25) is 0 Å². The first-order valence-electron chi connectivity index (χ1n) is 7.17. The Labute approximate surface area is 112 Å². The van der Waals surface area contributed by atoms with Crippen molar-refractivity contribution < 1.29 is 14.7 Å². The van der Waals surface area contributed by atoms with Crippen LogP contribution in [-0.4, -0.2) is 65.2 Å². The average molecular weight is 267 g/mol. The number of aliphatic carboxylic acids is 1. The van der Waals surface area contributed by atoms with Crippen molar-refractivity contribution in [3.8, 4) is 0 Å². The molecule has 2 amide bonds. The highest BCUT2D eigenvalue weighted by atomic mass is 16.4. The highest BCUT2D eigenvalue weighted by molar-refractivity contribution is 5.78. The van der Waals surface area contributed by atoms with E-state index in [-0.39, 0.29) is 18.0 Å². The number of nitrogens with zero attached hydrogens (tertiary/aromatic N) is 2. The van der Waals surface area contributed by atoms with Crippen LogP contribution in [-0.2, 0) is 4.79 Å². The third-order valence-electron chi connectivity index (χ3n) is 4.74. The largest absolute Gasteiger partial charge is 0.481 e. The predicted octanol–water partition coefficient (Wildman–Crippen LogP) is 0.339. The normalized spacial score (nSPS) is 35.4. The summed E-state index contributed by atoms with van der Waals surface area (Å²) in [4.78, 5) is 27.3. The van der Waals surface area contributed by atoms with Crippen molar-refractivity contribution in [2.75, 3.05) is 26.2 Å². The minimum atomic E-state index is -0.687. The van der Waals surface area contributed by atoms with Crippen molar-refractivity contribution in [2.24, 2.45) is 5.92 Å². The molecule has 6 heteroatoms. The van der Waals surface area contributed by atoms with Crippen LogP contribution in [0.5, 0.6) is 0 Å². The van der Waals surface area contributed by atoms with Crippen LogP contribution >= 0.6 is 0 Å². The first-order chi connectivity index (χ1) is 9.16. The number of carboxylic acid groups (broad SMARTS) is 1. The lowest BCUT2D eigenvalue weighted by atomic mass is 9.85. The number of amides is 2. The first-order valence-corrected chi connectivity index (χ1v) is 7.17. The Balaban J connectivity index is 1.61. The van der Waals surface area contributed by atoms with Crippen LogP contribution in [0.25, 0.3) is 0 Å². The van der Waals surface area contributed by atoms with Crippen molar-refractivity contribution in [3.05, 3.63) is 0 Å². The lowest BCUT2D eigenvalue weighted by Gasteiger charge is -2.33. The minimum absolute atomic E-state index is 0.158. The number of piperazine rings is 1. The SMILES string of the molecule is O=C(O)C1CCC(N2CC3CNCCN3C2=O)CC1. The van der Waals surface area contributed by atoms with Crippen LogP contribution in [0.4, 0.5) is 4.79 Å². The van der Waals surface area contributed by atoms with Crippen LogP contribution < -0.4 is 5.32 Å². The highest BCUT2D eigenvalue weighted by Crippen LogP contribution is 2.31.